The molecule has 2 rings (SSSR count). The van der Waals surface area contributed by atoms with E-state index in [-0.39, 0.29) is 35.9 Å². The molecule has 0 saturated carbocycles. The number of rotatable bonds is 11. The number of guanidine groups is 1. The van der Waals surface area contributed by atoms with Gasteiger partial charge in [0.1, 0.15) is 5.75 Å². The summed E-state index contributed by atoms with van der Waals surface area (Å²) in [5.41, 5.74) is 2.29. The average molecular weight is 560 g/mol. The maximum Gasteiger partial charge on any atom is 0.239 e. The van der Waals surface area contributed by atoms with Gasteiger partial charge in [-0.15, -0.1) is 24.0 Å². The van der Waals surface area contributed by atoms with E-state index in [1.54, 1.807) is 4.90 Å². The lowest BCUT2D eigenvalue weighted by Crippen LogP contribution is -2.44. The topological polar surface area (TPSA) is 69.2 Å². The van der Waals surface area contributed by atoms with Crippen molar-refractivity contribution in [2.45, 2.75) is 59.0 Å². The third kappa shape index (κ3) is 9.13. The molecule has 182 valence electrons. The molecule has 0 spiro atoms. The standard InChI is InChI=1S/C24H41N5O2.HI/c1-6-16-31-22-17-19(3)11-12-20(22)18-27-24(25-7-2)26-13-9-15-29-14-8-10-21(29)23(30)28(4)5;/h11-12,17,21H,6-10,13-16,18H2,1-5H3,(H2,25,26,27);1H. The van der Waals surface area contributed by atoms with E-state index in [9.17, 15) is 4.79 Å². The van der Waals surface area contributed by atoms with Crippen LogP contribution in [0.4, 0.5) is 0 Å². The highest BCUT2D eigenvalue weighted by atomic mass is 127. The fourth-order valence-corrected chi connectivity index (χ4v) is 3.81. The Morgan fingerprint density at radius 2 is 2.06 bits per heavy atom. The fourth-order valence-electron chi connectivity index (χ4n) is 3.81. The lowest BCUT2D eigenvalue weighted by molar-refractivity contribution is -0.133. The molecule has 1 unspecified atom stereocenters. The van der Waals surface area contributed by atoms with Gasteiger partial charge in [0.2, 0.25) is 5.91 Å². The van der Waals surface area contributed by atoms with Gasteiger partial charge in [0.15, 0.2) is 5.96 Å². The second kappa shape index (κ2) is 15.3. The number of ether oxygens (including phenoxy) is 1. The molecule has 1 amide bonds. The van der Waals surface area contributed by atoms with E-state index < -0.39 is 0 Å². The third-order valence-corrected chi connectivity index (χ3v) is 5.44. The number of hydrogen-bond acceptors (Lipinski definition) is 4. The maximum atomic E-state index is 12.3. The molecular weight excluding hydrogens is 517 g/mol. The molecule has 1 atom stereocenters. The van der Waals surface area contributed by atoms with Crippen LogP contribution in [-0.4, -0.2) is 74.6 Å². The first-order chi connectivity index (χ1) is 15.0. The van der Waals surface area contributed by atoms with Gasteiger partial charge in [-0.3, -0.25) is 9.69 Å². The highest BCUT2D eigenvalue weighted by Crippen LogP contribution is 2.21. The number of likely N-dealkylation sites (tertiary alicyclic amines) is 1. The SMILES string of the molecule is CCCOc1cc(C)ccc1CN=C(NCC)NCCCN1CCCC1C(=O)N(C)C.I. The van der Waals surface area contributed by atoms with Crippen molar-refractivity contribution in [3.8, 4) is 5.75 Å². The highest BCUT2D eigenvalue weighted by Gasteiger charge is 2.30. The van der Waals surface area contributed by atoms with Crippen LogP contribution in [-0.2, 0) is 11.3 Å². The van der Waals surface area contributed by atoms with Crippen molar-refractivity contribution in [3.63, 3.8) is 0 Å². The first-order valence-electron chi connectivity index (χ1n) is 11.7. The average Bonchev–Trinajstić information content (AvgIpc) is 3.22. The fraction of sp³-hybridized carbons (Fsp3) is 0.667. The lowest BCUT2D eigenvalue weighted by Gasteiger charge is -2.26. The number of benzene rings is 1. The van der Waals surface area contributed by atoms with Crippen LogP contribution in [0.5, 0.6) is 5.75 Å². The first kappa shape index (κ1) is 28.5. The number of aliphatic imine (C=N–C) groups is 1. The molecule has 7 nitrogen and oxygen atoms in total. The van der Waals surface area contributed by atoms with Gasteiger partial charge in [0, 0.05) is 39.3 Å². The molecule has 0 radical (unpaired) electrons. The van der Waals surface area contributed by atoms with Crippen molar-refractivity contribution in [2.75, 3.05) is 46.9 Å². The number of hydrogen-bond donors (Lipinski definition) is 2. The van der Waals surface area contributed by atoms with E-state index in [4.69, 9.17) is 9.73 Å². The van der Waals surface area contributed by atoms with Crippen LogP contribution in [0.2, 0.25) is 0 Å². The molecule has 0 aromatic heterocycles. The van der Waals surface area contributed by atoms with Crippen LogP contribution in [0, 0.1) is 6.92 Å². The van der Waals surface area contributed by atoms with Gasteiger partial charge >= 0.3 is 0 Å². The summed E-state index contributed by atoms with van der Waals surface area (Å²) in [6.45, 7) is 11.1. The van der Waals surface area contributed by atoms with Gasteiger partial charge in [-0.1, -0.05) is 19.1 Å². The van der Waals surface area contributed by atoms with Gasteiger partial charge in [0.05, 0.1) is 19.2 Å². The second-order valence-electron chi connectivity index (χ2n) is 8.36. The van der Waals surface area contributed by atoms with Gasteiger partial charge in [0.25, 0.3) is 0 Å². The Hall–Kier alpha value is -1.55. The Balaban J connectivity index is 0.00000512. The summed E-state index contributed by atoms with van der Waals surface area (Å²) in [7, 11) is 3.68. The number of nitrogens with zero attached hydrogens (tertiary/aromatic N) is 3. The zero-order valence-electron chi connectivity index (χ0n) is 20.4. The summed E-state index contributed by atoms with van der Waals surface area (Å²) in [5.74, 6) is 1.96. The van der Waals surface area contributed by atoms with Crippen molar-refractivity contribution in [1.29, 1.82) is 0 Å². The molecule has 2 N–H and O–H groups in total. The van der Waals surface area contributed by atoms with Gasteiger partial charge in [-0.2, -0.15) is 0 Å². The lowest BCUT2D eigenvalue weighted by atomic mass is 10.1. The predicted molar refractivity (Wildman–Crippen MR) is 143 cm³/mol. The molecule has 1 fully saturated rings. The molecule has 1 saturated heterocycles. The van der Waals surface area contributed by atoms with Crippen LogP contribution < -0.4 is 15.4 Å². The summed E-state index contributed by atoms with van der Waals surface area (Å²) < 4.78 is 5.91. The Morgan fingerprint density at radius 1 is 1.28 bits per heavy atom. The molecule has 0 bridgehead atoms. The Morgan fingerprint density at radius 3 is 2.75 bits per heavy atom. The van der Waals surface area contributed by atoms with Crippen molar-refractivity contribution >= 4 is 35.8 Å². The van der Waals surface area contributed by atoms with Crippen LogP contribution in [0.15, 0.2) is 23.2 Å². The van der Waals surface area contributed by atoms with Crippen molar-refractivity contribution in [2.24, 2.45) is 4.99 Å². The van der Waals surface area contributed by atoms with E-state index in [2.05, 4.69) is 54.5 Å². The predicted octanol–water partition coefficient (Wildman–Crippen LogP) is 3.40. The van der Waals surface area contributed by atoms with Gasteiger partial charge < -0.3 is 20.3 Å². The highest BCUT2D eigenvalue weighted by molar-refractivity contribution is 14.0. The number of aryl methyl sites for hydroxylation is 1. The quantitative estimate of drug-likeness (QED) is 0.188. The van der Waals surface area contributed by atoms with Crippen molar-refractivity contribution in [3.05, 3.63) is 29.3 Å². The number of carbonyl (C=O) groups is 1. The van der Waals surface area contributed by atoms with Crippen molar-refractivity contribution < 1.29 is 9.53 Å². The minimum absolute atomic E-state index is 0. The van der Waals surface area contributed by atoms with E-state index in [0.717, 1.165) is 69.1 Å². The molecule has 1 aliphatic rings. The number of amides is 1. The summed E-state index contributed by atoms with van der Waals surface area (Å²) in [4.78, 5) is 21.1. The van der Waals surface area contributed by atoms with E-state index >= 15 is 0 Å². The van der Waals surface area contributed by atoms with E-state index in [1.807, 2.05) is 14.1 Å². The van der Waals surface area contributed by atoms with Gasteiger partial charge in [-0.05, 0) is 57.7 Å². The zero-order valence-corrected chi connectivity index (χ0v) is 22.8. The molecule has 8 heteroatoms. The molecule has 1 aromatic carbocycles. The summed E-state index contributed by atoms with van der Waals surface area (Å²) in [5, 5.41) is 6.75. The second-order valence-corrected chi connectivity index (χ2v) is 8.36. The molecule has 1 heterocycles. The van der Waals surface area contributed by atoms with E-state index in [0.29, 0.717) is 13.2 Å². The monoisotopic (exact) mass is 559 g/mol. The number of likely N-dealkylation sites (N-methyl/N-ethyl adjacent to an activating group) is 1. The molecule has 0 aliphatic carbocycles. The zero-order chi connectivity index (χ0) is 22.6. The largest absolute Gasteiger partial charge is 0.493 e. The van der Waals surface area contributed by atoms with Crippen LogP contribution in [0.25, 0.3) is 0 Å². The molecule has 32 heavy (non-hydrogen) atoms. The van der Waals surface area contributed by atoms with Gasteiger partial charge in [-0.25, -0.2) is 4.99 Å². The maximum absolute atomic E-state index is 12.3. The third-order valence-electron chi connectivity index (χ3n) is 5.44. The van der Waals surface area contributed by atoms with Crippen LogP contribution in [0.3, 0.4) is 0 Å². The minimum atomic E-state index is 0. The first-order valence-corrected chi connectivity index (χ1v) is 11.7. The summed E-state index contributed by atoms with van der Waals surface area (Å²) >= 11 is 0. The van der Waals surface area contributed by atoms with E-state index in [1.165, 1.54) is 5.56 Å². The smallest absolute Gasteiger partial charge is 0.239 e. The molecule has 1 aliphatic heterocycles. The number of carbonyl (C=O) groups excluding carboxylic acids is 1. The summed E-state index contributed by atoms with van der Waals surface area (Å²) in [6, 6.07) is 6.33. The Labute approximate surface area is 211 Å². The molecule has 1 aromatic rings. The molecular formula is C24H42IN5O2. The summed E-state index contributed by atoms with van der Waals surface area (Å²) in [6.07, 6.45) is 4.02. The van der Waals surface area contributed by atoms with Crippen LogP contribution >= 0.6 is 24.0 Å². The van der Waals surface area contributed by atoms with Crippen molar-refractivity contribution in [1.82, 2.24) is 20.4 Å². The number of nitrogens with one attached hydrogen (secondary N) is 2. The number of halogens is 1. The Kier molecular flexibility index (Phi) is 13.6. The van der Waals surface area contributed by atoms with Crippen LogP contribution in [0.1, 0.15) is 50.7 Å². The minimum Gasteiger partial charge on any atom is -0.493 e. The normalized spacial score (nSPS) is 16.4. The Bertz CT molecular complexity index is 726.